The Morgan fingerprint density at radius 3 is 2.47 bits per heavy atom. The van der Waals surface area contributed by atoms with Crippen LogP contribution in [0.2, 0.25) is 10.0 Å². The standard InChI is InChI=1S/C28H36Cl2N4/c1-34(2)28-24-7-3-4-8-26(24)32-27(33-28)9-5-6-20-10-12-21(13-11-20)19-31-17-16-22-14-15-23(29)18-25(22)30/h3-4,7-8,14-15,18,20-21,31H,5-6,9-13,16-17,19H2,1-2H3. The molecule has 0 radical (unpaired) electrons. The van der Waals surface area contributed by atoms with Gasteiger partial charge in [-0.3, -0.25) is 0 Å². The SMILES string of the molecule is CN(C)c1nc(CCCC2CCC(CNCCc3ccc(Cl)cc3Cl)CC2)nc2ccccc12. The zero-order valence-corrected chi connectivity index (χ0v) is 21.9. The van der Waals surface area contributed by atoms with Crippen molar-refractivity contribution in [3.63, 3.8) is 0 Å². The van der Waals surface area contributed by atoms with E-state index in [0.29, 0.717) is 5.02 Å². The molecule has 182 valence electrons. The molecule has 1 aliphatic carbocycles. The summed E-state index contributed by atoms with van der Waals surface area (Å²) >= 11 is 12.3. The van der Waals surface area contributed by atoms with Crippen LogP contribution in [0.3, 0.4) is 0 Å². The maximum atomic E-state index is 6.28. The summed E-state index contributed by atoms with van der Waals surface area (Å²) in [6.45, 7) is 2.07. The molecule has 4 rings (SSSR count). The molecule has 1 N–H and O–H groups in total. The number of halogens is 2. The van der Waals surface area contributed by atoms with E-state index >= 15 is 0 Å². The fourth-order valence-corrected chi connectivity index (χ4v) is 5.59. The Hall–Kier alpha value is -1.88. The van der Waals surface area contributed by atoms with Crippen LogP contribution in [0.4, 0.5) is 5.82 Å². The smallest absolute Gasteiger partial charge is 0.139 e. The molecular weight excluding hydrogens is 463 g/mol. The molecule has 0 aliphatic heterocycles. The third-order valence-corrected chi connectivity index (χ3v) is 7.64. The van der Waals surface area contributed by atoms with E-state index in [9.17, 15) is 0 Å². The molecular formula is C28H36Cl2N4. The lowest BCUT2D eigenvalue weighted by molar-refractivity contribution is 0.254. The minimum absolute atomic E-state index is 0.696. The summed E-state index contributed by atoms with van der Waals surface area (Å²) in [7, 11) is 4.11. The van der Waals surface area contributed by atoms with E-state index in [4.69, 9.17) is 33.2 Å². The van der Waals surface area contributed by atoms with Crippen molar-refractivity contribution in [2.24, 2.45) is 11.8 Å². The van der Waals surface area contributed by atoms with Crippen molar-refractivity contribution in [1.82, 2.24) is 15.3 Å². The molecule has 1 aliphatic rings. The summed E-state index contributed by atoms with van der Waals surface area (Å²) in [6.07, 6.45) is 9.70. The number of nitrogens with one attached hydrogen (secondary N) is 1. The lowest BCUT2D eigenvalue weighted by Gasteiger charge is -2.28. The normalized spacial score (nSPS) is 18.4. The van der Waals surface area contributed by atoms with Gasteiger partial charge in [-0.15, -0.1) is 0 Å². The molecule has 6 heteroatoms. The highest BCUT2D eigenvalue weighted by Crippen LogP contribution is 2.32. The van der Waals surface area contributed by atoms with Gasteiger partial charge in [0.25, 0.3) is 0 Å². The Bertz CT molecular complexity index is 1080. The first-order valence-corrected chi connectivity index (χ1v) is 13.3. The first kappa shape index (κ1) is 25.2. The molecule has 0 spiro atoms. The van der Waals surface area contributed by atoms with Gasteiger partial charge >= 0.3 is 0 Å². The fraction of sp³-hybridized carbons (Fsp3) is 0.500. The van der Waals surface area contributed by atoms with E-state index in [1.807, 2.05) is 18.2 Å². The van der Waals surface area contributed by atoms with Crippen LogP contribution in [0.5, 0.6) is 0 Å². The first-order chi connectivity index (χ1) is 16.5. The Kier molecular flexibility index (Phi) is 9.04. The van der Waals surface area contributed by atoms with Crippen LogP contribution in [-0.4, -0.2) is 37.2 Å². The summed E-state index contributed by atoms with van der Waals surface area (Å²) in [4.78, 5) is 11.8. The molecule has 0 amide bonds. The minimum Gasteiger partial charge on any atom is -0.362 e. The predicted molar refractivity (Wildman–Crippen MR) is 145 cm³/mol. The van der Waals surface area contributed by atoms with Crippen LogP contribution < -0.4 is 10.2 Å². The van der Waals surface area contributed by atoms with Crippen molar-refractivity contribution < 1.29 is 0 Å². The van der Waals surface area contributed by atoms with Gasteiger partial charge in [-0.1, -0.05) is 60.7 Å². The largest absolute Gasteiger partial charge is 0.362 e. The van der Waals surface area contributed by atoms with Gasteiger partial charge in [0, 0.05) is 35.9 Å². The van der Waals surface area contributed by atoms with E-state index in [1.165, 1.54) is 38.5 Å². The van der Waals surface area contributed by atoms with Gasteiger partial charge in [0.1, 0.15) is 11.6 Å². The molecule has 34 heavy (non-hydrogen) atoms. The van der Waals surface area contributed by atoms with Crippen molar-refractivity contribution in [3.8, 4) is 0 Å². The van der Waals surface area contributed by atoms with Gasteiger partial charge in [-0.05, 0) is 80.4 Å². The van der Waals surface area contributed by atoms with E-state index in [-0.39, 0.29) is 0 Å². The molecule has 0 saturated heterocycles. The molecule has 1 fully saturated rings. The second kappa shape index (κ2) is 12.2. The summed E-state index contributed by atoms with van der Waals surface area (Å²) in [5.74, 6) is 3.63. The molecule has 2 aromatic carbocycles. The van der Waals surface area contributed by atoms with E-state index < -0.39 is 0 Å². The summed E-state index contributed by atoms with van der Waals surface area (Å²) in [5, 5.41) is 6.23. The molecule has 1 saturated carbocycles. The second-order valence-corrected chi connectivity index (χ2v) is 10.7. The number of aromatic nitrogens is 2. The molecule has 0 atom stereocenters. The molecule has 3 aromatic rings. The van der Waals surface area contributed by atoms with Crippen molar-refractivity contribution in [1.29, 1.82) is 0 Å². The van der Waals surface area contributed by atoms with Crippen LogP contribution >= 0.6 is 23.2 Å². The van der Waals surface area contributed by atoms with Crippen molar-refractivity contribution in [2.45, 2.75) is 51.4 Å². The number of nitrogens with zero attached hydrogens (tertiary/aromatic N) is 3. The molecule has 4 nitrogen and oxygen atoms in total. The number of hydrogen-bond acceptors (Lipinski definition) is 4. The van der Waals surface area contributed by atoms with E-state index in [1.54, 1.807) is 0 Å². The van der Waals surface area contributed by atoms with Crippen LogP contribution in [0.15, 0.2) is 42.5 Å². The highest BCUT2D eigenvalue weighted by Gasteiger charge is 2.21. The maximum Gasteiger partial charge on any atom is 0.139 e. The lowest BCUT2D eigenvalue weighted by Crippen LogP contribution is -2.28. The number of aryl methyl sites for hydroxylation is 1. The Morgan fingerprint density at radius 2 is 1.71 bits per heavy atom. The van der Waals surface area contributed by atoms with Crippen LogP contribution in [0, 0.1) is 11.8 Å². The number of fused-ring (bicyclic) bond motifs is 1. The third kappa shape index (κ3) is 6.84. The quantitative estimate of drug-likeness (QED) is 0.306. The first-order valence-electron chi connectivity index (χ1n) is 12.6. The molecule has 1 aromatic heterocycles. The summed E-state index contributed by atoms with van der Waals surface area (Å²) < 4.78 is 0. The number of rotatable bonds is 10. The topological polar surface area (TPSA) is 41.1 Å². The Labute approximate surface area is 214 Å². The fourth-order valence-electron chi connectivity index (χ4n) is 5.09. The van der Waals surface area contributed by atoms with Crippen LogP contribution in [-0.2, 0) is 12.8 Å². The molecule has 0 bridgehead atoms. The third-order valence-electron chi connectivity index (χ3n) is 7.05. The highest BCUT2D eigenvalue weighted by atomic mass is 35.5. The predicted octanol–water partition coefficient (Wildman–Crippen LogP) is 6.96. The van der Waals surface area contributed by atoms with E-state index in [2.05, 4.69) is 48.6 Å². The highest BCUT2D eigenvalue weighted by molar-refractivity contribution is 6.35. The molecule has 0 unspecified atom stereocenters. The van der Waals surface area contributed by atoms with Gasteiger partial charge in [-0.25, -0.2) is 9.97 Å². The number of hydrogen-bond donors (Lipinski definition) is 1. The Morgan fingerprint density at radius 1 is 0.941 bits per heavy atom. The zero-order chi connectivity index (χ0) is 23.9. The van der Waals surface area contributed by atoms with Crippen molar-refractivity contribution in [3.05, 3.63) is 63.9 Å². The van der Waals surface area contributed by atoms with Gasteiger partial charge in [0.15, 0.2) is 0 Å². The number of benzene rings is 2. The average molecular weight is 500 g/mol. The van der Waals surface area contributed by atoms with Gasteiger partial charge in [0.2, 0.25) is 0 Å². The van der Waals surface area contributed by atoms with Crippen LogP contribution in [0.1, 0.15) is 49.9 Å². The summed E-state index contributed by atoms with van der Waals surface area (Å²) in [6, 6.07) is 14.1. The van der Waals surface area contributed by atoms with Crippen molar-refractivity contribution in [2.75, 3.05) is 32.1 Å². The van der Waals surface area contributed by atoms with Gasteiger partial charge in [0.05, 0.1) is 5.52 Å². The zero-order valence-electron chi connectivity index (χ0n) is 20.4. The number of para-hydroxylation sites is 1. The maximum absolute atomic E-state index is 6.28. The molecule has 1 heterocycles. The second-order valence-electron chi connectivity index (χ2n) is 9.84. The Balaban J connectivity index is 1.16. The summed E-state index contributed by atoms with van der Waals surface area (Å²) in [5.41, 5.74) is 2.21. The lowest BCUT2D eigenvalue weighted by atomic mass is 9.80. The van der Waals surface area contributed by atoms with Gasteiger partial charge < -0.3 is 10.2 Å². The minimum atomic E-state index is 0.696. The average Bonchev–Trinajstić information content (AvgIpc) is 2.83. The number of anilines is 1. The monoisotopic (exact) mass is 498 g/mol. The van der Waals surface area contributed by atoms with E-state index in [0.717, 1.165) is 70.9 Å². The van der Waals surface area contributed by atoms with Crippen LogP contribution in [0.25, 0.3) is 10.9 Å². The van der Waals surface area contributed by atoms with Crippen molar-refractivity contribution >= 4 is 39.9 Å². The van der Waals surface area contributed by atoms with Gasteiger partial charge in [-0.2, -0.15) is 0 Å².